The molecule has 0 unspecified atom stereocenters. The molecule has 1 heterocycles. The minimum absolute atomic E-state index is 0.106. The Hall–Kier alpha value is -3.13. The molecular weight excluding hydrogens is 382 g/mol. The number of ether oxygens (including phenoxy) is 1. The van der Waals surface area contributed by atoms with E-state index in [0.717, 1.165) is 0 Å². The summed E-state index contributed by atoms with van der Waals surface area (Å²) in [6.45, 7) is 1.78. The van der Waals surface area contributed by atoms with Gasteiger partial charge in [-0.25, -0.2) is 13.2 Å². The number of hydrogen-bond acceptors (Lipinski definition) is 6. The van der Waals surface area contributed by atoms with Crippen LogP contribution in [0.1, 0.15) is 23.0 Å². The third-order valence-corrected chi connectivity index (χ3v) is 5.38. The molecule has 8 heteroatoms. The van der Waals surface area contributed by atoms with E-state index in [0.29, 0.717) is 16.5 Å². The first-order chi connectivity index (χ1) is 13.4. The third kappa shape index (κ3) is 4.58. The van der Waals surface area contributed by atoms with Crippen LogP contribution in [0.25, 0.3) is 11.0 Å². The number of esters is 1. The summed E-state index contributed by atoms with van der Waals surface area (Å²) >= 11 is 0. The Labute approximate surface area is 162 Å². The molecule has 3 aromatic rings. The summed E-state index contributed by atoms with van der Waals surface area (Å²) in [7, 11) is -3.69. The van der Waals surface area contributed by atoms with Crippen molar-refractivity contribution < 1.29 is 27.2 Å². The highest BCUT2D eigenvalue weighted by atomic mass is 32.2. The van der Waals surface area contributed by atoms with Crippen molar-refractivity contribution in [1.82, 2.24) is 0 Å². The molecular formula is C20H19NO6S. The fourth-order valence-electron chi connectivity index (χ4n) is 2.76. The molecule has 1 aromatic heterocycles. The van der Waals surface area contributed by atoms with E-state index in [9.17, 15) is 18.0 Å². The summed E-state index contributed by atoms with van der Waals surface area (Å²) in [6, 6.07) is 15.3. The predicted molar refractivity (Wildman–Crippen MR) is 105 cm³/mol. The Morgan fingerprint density at radius 3 is 2.43 bits per heavy atom. The van der Waals surface area contributed by atoms with Crippen molar-refractivity contribution in [2.75, 3.05) is 17.7 Å². The van der Waals surface area contributed by atoms with Gasteiger partial charge >= 0.3 is 5.97 Å². The number of amides is 1. The van der Waals surface area contributed by atoms with Crippen LogP contribution >= 0.6 is 0 Å². The van der Waals surface area contributed by atoms with E-state index >= 15 is 0 Å². The largest absolute Gasteiger partial charge is 0.460 e. The van der Waals surface area contributed by atoms with Crippen LogP contribution in [0, 0.1) is 0 Å². The first-order valence-electron chi connectivity index (χ1n) is 8.62. The third-order valence-electron chi connectivity index (χ3n) is 3.90. The highest BCUT2D eigenvalue weighted by Gasteiger charge is 2.25. The van der Waals surface area contributed by atoms with Crippen LogP contribution in [0.3, 0.4) is 0 Å². The van der Waals surface area contributed by atoms with Crippen molar-refractivity contribution in [2.45, 2.75) is 12.7 Å². The Bertz CT molecular complexity index is 1100. The molecule has 0 saturated heterocycles. The van der Waals surface area contributed by atoms with Crippen LogP contribution in [0.4, 0.5) is 5.69 Å². The number of nitrogens with one attached hydrogen (secondary N) is 1. The monoisotopic (exact) mass is 401 g/mol. The lowest BCUT2D eigenvalue weighted by atomic mass is 10.2. The maximum atomic E-state index is 12.4. The maximum absolute atomic E-state index is 12.4. The number of rotatable bonds is 7. The van der Waals surface area contributed by atoms with Crippen LogP contribution in [0.15, 0.2) is 59.0 Å². The highest BCUT2D eigenvalue weighted by Crippen LogP contribution is 2.31. The molecule has 28 heavy (non-hydrogen) atoms. The number of fused-ring (bicyclic) bond motifs is 1. The topological polar surface area (TPSA) is 103 Å². The molecule has 0 radical (unpaired) electrons. The quantitative estimate of drug-likeness (QED) is 0.610. The Morgan fingerprint density at radius 1 is 1.04 bits per heavy atom. The minimum atomic E-state index is -3.69. The molecule has 146 valence electrons. The Balaban J connectivity index is 1.82. The van der Waals surface area contributed by atoms with Crippen LogP contribution in [0.2, 0.25) is 0 Å². The van der Waals surface area contributed by atoms with E-state index in [4.69, 9.17) is 9.15 Å². The van der Waals surface area contributed by atoms with Gasteiger partial charge in [-0.1, -0.05) is 42.5 Å². The van der Waals surface area contributed by atoms with E-state index in [1.807, 2.05) is 0 Å². The summed E-state index contributed by atoms with van der Waals surface area (Å²) < 4.78 is 35.2. The fraction of sp³-hybridized carbons (Fsp3) is 0.200. The summed E-state index contributed by atoms with van der Waals surface area (Å²) in [5.74, 6) is -2.63. The zero-order valence-electron chi connectivity index (χ0n) is 15.2. The second-order valence-electron chi connectivity index (χ2n) is 6.09. The number of sulfone groups is 1. The van der Waals surface area contributed by atoms with E-state index in [-0.39, 0.29) is 23.8 Å². The van der Waals surface area contributed by atoms with E-state index in [1.54, 1.807) is 61.5 Å². The number of carbonyl (C=O) groups is 2. The second-order valence-corrected chi connectivity index (χ2v) is 8.15. The SMILES string of the molecule is CCOC(=O)c1oc2ccccc2c1NC(=O)CS(=O)(=O)Cc1ccccc1. The van der Waals surface area contributed by atoms with Gasteiger partial charge in [0.05, 0.1) is 12.4 Å². The molecule has 0 bridgehead atoms. The van der Waals surface area contributed by atoms with Gasteiger partial charge in [0, 0.05) is 5.39 Å². The molecule has 2 aromatic carbocycles. The van der Waals surface area contributed by atoms with Crippen molar-refractivity contribution in [2.24, 2.45) is 0 Å². The first kappa shape index (κ1) is 19.6. The van der Waals surface area contributed by atoms with Crippen LogP contribution < -0.4 is 5.32 Å². The average molecular weight is 401 g/mol. The van der Waals surface area contributed by atoms with Gasteiger partial charge in [0.2, 0.25) is 11.7 Å². The van der Waals surface area contributed by atoms with Gasteiger partial charge in [-0.05, 0) is 24.6 Å². The summed E-state index contributed by atoms with van der Waals surface area (Å²) in [5, 5.41) is 2.99. The molecule has 3 rings (SSSR count). The summed E-state index contributed by atoms with van der Waals surface area (Å²) in [6.07, 6.45) is 0. The number of anilines is 1. The molecule has 0 atom stereocenters. The Morgan fingerprint density at radius 2 is 1.71 bits per heavy atom. The molecule has 1 amide bonds. The predicted octanol–water partition coefficient (Wildman–Crippen LogP) is 3.16. The zero-order valence-corrected chi connectivity index (χ0v) is 16.0. The summed E-state index contributed by atoms with van der Waals surface area (Å²) in [5.41, 5.74) is 1.08. The summed E-state index contributed by atoms with van der Waals surface area (Å²) in [4.78, 5) is 24.6. The molecule has 0 aliphatic heterocycles. The lowest BCUT2D eigenvalue weighted by Gasteiger charge is -2.07. The smallest absolute Gasteiger partial charge is 0.376 e. The van der Waals surface area contributed by atoms with E-state index in [1.165, 1.54) is 0 Å². The molecule has 0 fully saturated rings. The second kappa shape index (κ2) is 8.26. The molecule has 0 aliphatic carbocycles. The first-order valence-corrected chi connectivity index (χ1v) is 10.4. The number of hydrogen-bond donors (Lipinski definition) is 1. The zero-order chi connectivity index (χ0) is 20.1. The van der Waals surface area contributed by atoms with Crippen molar-refractivity contribution in [3.05, 3.63) is 65.9 Å². The number of benzene rings is 2. The van der Waals surface area contributed by atoms with Crippen LogP contribution in [0.5, 0.6) is 0 Å². The number of carbonyl (C=O) groups excluding carboxylic acids is 2. The Kier molecular flexibility index (Phi) is 5.79. The van der Waals surface area contributed by atoms with Gasteiger partial charge in [-0.3, -0.25) is 4.79 Å². The van der Waals surface area contributed by atoms with Crippen molar-refractivity contribution in [3.63, 3.8) is 0 Å². The van der Waals surface area contributed by atoms with Gasteiger partial charge < -0.3 is 14.5 Å². The number of furan rings is 1. The van der Waals surface area contributed by atoms with Gasteiger partial charge in [0.1, 0.15) is 17.0 Å². The lowest BCUT2D eigenvalue weighted by Crippen LogP contribution is -2.24. The van der Waals surface area contributed by atoms with Crippen molar-refractivity contribution in [3.8, 4) is 0 Å². The molecule has 7 nitrogen and oxygen atoms in total. The van der Waals surface area contributed by atoms with Gasteiger partial charge in [0.15, 0.2) is 9.84 Å². The highest BCUT2D eigenvalue weighted by molar-refractivity contribution is 7.91. The fourth-order valence-corrected chi connectivity index (χ4v) is 4.04. The van der Waals surface area contributed by atoms with Crippen LogP contribution in [-0.4, -0.2) is 32.7 Å². The van der Waals surface area contributed by atoms with E-state index < -0.39 is 27.5 Å². The van der Waals surface area contributed by atoms with Crippen LogP contribution in [-0.2, 0) is 25.1 Å². The normalized spacial score (nSPS) is 11.3. The van der Waals surface area contributed by atoms with Crippen molar-refractivity contribution >= 4 is 38.4 Å². The maximum Gasteiger partial charge on any atom is 0.376 e. The number of para-hydroxylation sites is 1. The standard InChI is InChI=1S/C20H19NO6S/c1-2-26-20(23)19-18(15-10-6-7-11-16(15)27-19)21-17(22)13-28(24,25)12-14-8-4-3-5-9-14/h3-11H,2,12-13H2,1H3,(H,21,22). The minimum Gasteiger partial charge on any atom is -0.460 e. The van der Waals surface area contributed by atoms with Crippen molar-refractivity contribution in [1.29, 1.82) is 0 Å². The molecule has 0 saturated carbocycles. The molecule has 1 N–H and O–H groups in total. The lowest BCUT2D eigenvalue weighted by molar-refractivity contribution is -0.113. The average Bonchev–Trinajstić information content (AvgIpc) is 3.00. The van der Waals surface area contributed by atoms with Gasteiger partial charge in [-0.15, -0.1) is 0 Å². The molecule has 0 aliphatic rings. The van der Waals surface area contributed by atoms with Gasteiger partial charge in [-0.2, -0.15) is 0 Å². The van der Waals surface area contributed by atoms with E-state index in [2.05, 4.69) is 5.32 Å². The molecule has 0 spiro atoms. The van der Waals surface area contributed by atoms with Gasteiger partial charge in [0.25, 0.3) is 0 Å².